The minimum Gasteiger partial charge on any atom is -0.475 e. The number of aryl methyl sites for hydroxylation is 2. The van der Waals surface area contributed by atoms with Crippen LogP contribution < -0.4 is 0 Å². The Morgan fingerprint density at radius 1 is 1.21 bits per heavy atom. The van der Waals surface area contributed by atoms with Gasteiger partial charge in [-0.25, -0.2) is 4.79 Å². The van der Waals surface area contributed by atoms with Gasteiger partial charge in [0.1, 0.15) is 0 Å². The summed E-state index contributed by atoms with van der Waals surface area (Å²) in [6, 6.07) is 3.66. The lowest BCUT2D eigenvalue weighted by atomic mass is 9.99. The summed E-state index contributed by atoms with van der Waals surface area (Å²) >= 11 is 0. The summed E-state index contributed by atoms with van der Waals surface area (Å²) in [5, 5.41) is 11.6. The van der Waals surface area contributed by atoms with Gasteiger partial charge in [0.15, 0.2) is 0 Å². The number of carboxylic acids is 1. The van der Waals surface area contributed by atoms with Crippen molar-refractivity contribution >= 4 is 11.9 Å². The summed E-state index contributed by atoms with van der Waals surface area (Å²) < 4.78 is 39.8. The average molecular weight is 468 g/mol. The number of aromatic nitrogens is 3. The van der Waals surface area contributed by atoms with E-state index in [2.05, 4.69) is 17.0 Å². The Kier molecular flexibility index (Phi) is 7.72. The first-order chi connectivity index (χ1) is 15.6. The van der Waals surface area contributed by atoms with E-state index in [0.29, 0.717) is 24.6 Å². The molecule has 1 aliphatic heterocycles. The third kappa shape index (κ3) is 6.31. The number of pyridine rings is 1. The normalized spacial score (nSPS) is 17.7. The van der Waals surface area contributed by atoms with E-state index in [1.807, 2.05) is 34.8 Å². The minimum absolute atomic E-state index is 0.0204. The van der Waals surface area contributed by atoms with Crippen molar-refractivity contribution in [3.8, 4) is 0 Å². The van der Waals surface area contributed by atoms with E-state index in [-0.39, 0.29) is 11.9 Å². The van der Waals surface area contributed by atoms with Crippen molar-refractivity contribution in [2.75, 3.05) is 19.8 Å². The fourth-order valence-electron chi connectivity index (χ4n) is 3.61. The molecule has 0 bridgehead atoms. The van der Waals surface area contributed by atoms with Crippen molar-refractivity contribution in [1.29, 1.82) is 0 Å². The van der Waals surface area contributed by atoms with Gasteiger partial charge >= 0.3 is 12.1 Å². The molecule has 0 saturated heterocycles. The highest BCUT2D eigenvalue weighted by Crippen LogP contribution is 2.33. The molecule has 1 amide bonds. The Morgan fingerprint density at radius 3 is 2.45 bits per heavy atom. The number of carbonyl (C=O) groups is 2. The van der Waals surface area contributed by atoms with Crippen molar-refractivity contribution in [2.24, 2.45) is 5.92 Å². The predicted molar refractivity (Wildman–Crippen MR) is 112 cm³/mol. The van der Waals surface area contributed by atoms with Crippen LogP contribution >= 0.6 is 0 Å². The maximum atomic E-state index is 13.2. The number of carbonyl (C=O) groups excluding carboxylic acids is 1. The molecule has 8 nitrogen and oxygen atoms in total. The van der Waals surface area contributed by atoms with E-state index in [1.54, 1.807) is 6.20 Å². The zero-order chi connectivity index (χ0) is 24.2. The van der Waals surface area contributed by atoms with Crippen molar-refractivity contribution in [3.63, 3.8) is 0 Å². The third-order valence-corrected chi connectivity index (χ3v) is 5.56. The van der Waals surface area contributed by atoms with Gasteiger partial charge < -0.3 is 14.7 Å². The predicted octanol–water partition coefficient (Wildman–Crippen LogP) is 3.41. The fraction of sp³-hybridized carbons (Fsp3) is 0.545. The van der Waals surface area contributed by atoms with E-state index in [4.69, 9.17) is 14.6 Å². The van der Waals surface area contributed by atoms with E-state index in [1.165, 1.54) is 18.4 Å². The number of carboxylic acid groups (broad SMARTS) is 1. The van der Waals surface area contributed by atoms with Crippen molar-refractivity contribution < 1.29 is 32.6 Å². The second kappa shape index (κ2) is 10.3. The molecule has 1 fully saturated rings. The maximum Gasteiger partial charge on any atom is 0.490 e. The van der Waals surface area contributed by atoms with Crippen molar-refractivity contribution in [1.82, 2.24) is 19.7 Å². The highest BCUT2D eigenvalue weighted by Gasteiger charge is 2.38. The molecule has 33 heavy (non-hydrogen) atoms. The zero-order valence-electron chi connectivity index (χ0n) is 18.5. The maximum absolute atomic E-state index is 13.2. The summed E-state index contributed by atoms with van der Waals surface area (Å²) in [7, 11) is 0. The summed E-state index contributed by atoms with van der Waals surface area (Å²) in [5.74, 6) is -2.03. The molecule has 180 valence electrons. The van der Waals surface area contributed by atoms with Gasteiger partial charge in [0, 0.05) is 31.6 Å². The number of rotatable bonds is 6. The Balaban J connectivity index is 0.000000383. The lowest BCUT2D eigenvalue weighted by molar-refractivity contribution is -0.192. The molecule has 1 atom stereocenters. The summed E-state index contributed by atoms with van der Waals surface area (Å²) in [4.78, 5) is 28.3. The molecule has 2 aliphatic rings. The van der Waals surface area contributed by atoms with Crippen LogP contribution in [0.15, 0.2) is 24.5 Å². The topological polar surface area (TPSA) is 97.5 Å². The van der Waals surface area contributed by atoms with Crippen LogP contribution in [0.2, 0.25) is 0 Å². The standard InChI is InChI=1S/C20H26N4O2.C2HF3O2/c1-3-24-19-16(11-22-24)8-9-23(18(19)13-26-12-15-5-6-15)20(25)17-7-4-14(2)21-10-17;3-2(4,5)1(6)7/h4,7,10-11,15,18H,3,5-6,8-9,12-13H2,1-2H3;(H,6,7). The molecule has 1 N–H and O–H groups in total. The number of halogens is 3. The number of aliphatic carboxylic acids is 1. The van der Waals surface area contributed by atoms with Crippen LogP contribution in [0.25, 0.3) is 0 Å². The van der Waals surface area contributed by atoms with Gasteiger partial charge in [-0.05, 0) is 56.7 Å². The van der Waals surface area contributed by atoms with E-state index in [0.717, 1.165) is 31.0 Å². The van der Waals surface area contributed by atoms with Crippen LogP contribution in [0, 0.1) is 12.8 Å². The van der Waals surface area contributed by atoms with Gasteiger partial charge in [-0.15, -0.1) is 0 Å². The number of fused-ring (bicyclic) bond motifs is 1. The van der Waals surface area contributed by atoms with Gasteiger partial charge in [0.2, 0.25) is 0 Å². The fourth-order valence-corrected chi connectivity index (χ4v) is 3.61. The smallest absolute Gasteiger partial charge is 0.475 e. The molecule has 4 rings (SSSR count). The van der Waals surface area contributed by atoms with Crippen LogP contribution in [-0.4, -0.2) is 62.6 Å². The summed E-state index contributed by atoms with van der Waals surface area (Å²) in [5.41, 5.74) is 3.91. The molecule has 0 spiro atoms. The Morgan fingerprint density at radius 2 is 1.91 bits per heavy atom. The highest BCUT2D eigenvalue weighted by molar-refractivity contribution is 5.94. The van der Waals surface area contributed by atoms with Crippen molar-refractivity contribution in [3.05, 3.63) is 47.0 Å². The largest absolute Gasteiger partial charge is 0.490 e. The first-order valence-electron chi connectivity index (χ1n) is 10.8. The molecule has 2 aromatic rings. The highest BCUT2D eigenvalue weighted by atomic mass is 19.4. The van der Waals surface area contributed by atoms with Crippen molar-refractivity contribution in [2.45, 2.75) is 51.9 Å². The van der Waals surface area contributed by atoms with Crippen LogP contribution in [-0.2, 0) is 22.5 Å². The van der Waals surface area contributed by atoms with Gasteiger partial charge in [0.05, 0.1) is 30.1 Å². The Bertz CT molecular complexity index is 958. The molecule has 1 saturated carbocycles. The number of amides is 1. The second-order valence-electron chi connectivity index (χ2n) is 8.11. The van der Waals surface area contributed by atoms with Crippen LogP contribution in [0.3, 0.4) is 0 Å². The number of nitrogens with zero attached hydrogens (tertiary/aromatic N) is 4. The number of hydrogen-bond acceptors (Lipinski definition) is 5. The van der Waals surface area contributed by atoms with E-state index >= 15 is 0 Å². The number of alkyl halides is 3. The summed E-state index contributed by atoms with van der Waals surface area (Å²) in [6.45, 7) is 6.81. The van der Waals surface area contributed by atoms with E-state index in [9.17, 15) is 18.0 Å². The molecule has 2 aromatic heterocycles. The summed E-state index contributed by atoms with van der Waals surface area (Å²) in [6.07, 6.45) is 1.90. The molecular weight excluding hydrogens is 441 g/mol. The first kappa shape index (κ1) is 24.7. The van der Waals surface area contributed by atoms with Crippen LogP contribution in [0.4, 0.5) is 13.2 Å². The van der Waals surface area contributed by atoms with Gasteiger partial charge in [-0.2, -0.15) is 18.3 Å². The van der Waals surface area contributed by atoms with Gasteiger partial charge in [-0.1, -0.05) is 0 Å². The molecule has 3 heterocycles. The second-order valence-corrected chi connectivity index (χ2v) is 8.11. The third-order valence-electron chi connectivity index (χ3n) is 5.56. The monoisotopic (exact) mass is 468 g/mol. The Hall–Kier alpha value is -2.95. The average Bonchev–Trinajstić information content (AvgIpc) is 3.50. The lowest BCUT2D eigenvalue weighted by Crippen LogP contribution is -2.43. The molecule has 1 unspecified atom stereocenters. The molecule has 0 radical (unpaired) electrons. The number of ether oxygens (including phenoxy) is 1. The van der Waals surface area contributed by atoms with Gasteiger partial charge in [0.25, 0.3) is 5.91 Å². The molecular formula is C22H27F3N4O4. The number of hydrogen-bond donors (Lipinski definition) is 1. The first-order valence-corrected chi connectivity index (χ1v) is 10.8. The quantitative estimate of drug-likeness (QED) is 0.698. The SMILES string of the molecule is CCn1ncc2c1C(COCC1CC1)N(C(=O)c1ccc(C)nc1)CC2.O=C(O)C(F)(F)F. The molecule has 1 aliphatic carbocycles. The Labute approximate surface area is 189 Å². The zero-order valence-corrected chi connectivity index (χ0v) is 18.5. The van der Waals surface area contributed by atoms with Crippen LogP contribution in [0.1, 0.15) is 53.1 Å². The van der Waals surface area contributed by atoms with Gasteiger partial charge in [-0.3, -0.25) is 14.5 Å². The molecule has 0 aromatic carbocycles. The minimum atomic E-state index is -5.08. The lowest BCUT2D eigenvalue weighted by Gasteiger charge is -2.36. The van der Waals surface area contributed by atoms with Crippen LogP contribution in [0.5, 0.6) is 0 Å². The van der Waals surface area contributed by atoms with E-state index < -0.39 is 12.1 Å². The molecule has 11 heteroatoms.